The molecule has 0 aliphatic rings. The molecule has 0 heterocycles. The van der Waals surface area contributed by atoms with Crippen LogP contribution >= 0.6 is 11.6 Å². The highest BCUT2D eigenvalue weighted by molar-refractivity contribution is 6.30. The molecule has 1 N–H and O–H groups in total. The number of carboxylic acids is 1. The standard InChI is InChI=1S/C14H18ClNO4/c1-9(14(18)19)8-16(3)13(17)10(2)20-12-6-4-5-11(15)7-12/h4-7,9-10H,8H2,1-3H3,(H,18,19)/t9-,10+/m0/s1. The Bertz CT molecular complexity index is 492. The van der Waals surface area contributed by atoms with Crippen molar-refractivity contribution in [2.45, 2.75) is 20.0 Å². The molecule has 1 aromatic rings. The van der Waals surface area contributed by atoms with Crippen LogP contribution in [0.3, 0.4) is 0 Å². The van der Waals surface area contributed by atoms with Crippen molar-refractivity contribution < 1.29 is 19.4 Å². The summed E-state index contributed by atoms with van der Waals surface area (Å²) in [6.07, 6.45) is -0.709. The van der Waals surface area contributed by atoms with Gasteiger partial charge in [-0.15, -0.1) is 0 Å². The number of amides is 1. The van der Waals surface area contributed by atoms with Crippen molar-refractivity contribution in [1.82, 2.24) is 4.90 Å². The minimum absolute atomic E-state index is 0.136. The second kappa shape index (κ2) is 7.14. The van der Waals surface area contributed by atoms with Gasteiger partial charge in [0.1, 0.15) is 5.75 Å². The maximum Gasteiger partial charge on any atom is 0.308 e. The Morgan fingerprint density at radius 1 is 1.40 bits per heavy atom. The van der Waals surface area contributed by atoms with Crippen LogP contribution in [0.2, 0.25) is 5.02 Å². The van der Waals surface area contributed by atoms with Gasteiger partial charge in [0.05, 0.1) is 5.92 Å². The number of rotatable bonds is 6. The number of aliphatic carboxylic acids is 1. The van der Waals surface area contributed by atoms with Gasteiger partial charge in [-0.25, -0.2) is 0 Å². The van der Waals surface area contributed by atoms with Crippen molar-refractivity contribution in [3.8, 4) is 5.75 Å². The SMILES string of the molecule is C[C@@H](CN(C)C(=O)[C@@H](C)Oc1cccc(Cl)c1)C(=O)O. The lowest BCUT2D eigenvalue weighted by molar-refractivity contribution is -0.144. The quantitative estimate of drug-likeness (QED) is 0.875. The predicted molar refractivity (Wildman–Crippen MR) is 76.0 cm³/mol. The molecule has 0 aliphatic carbocycles. The Morgan fingerprint density at radius 2 is 2.05 bits per heavy atom. The summed E-state index contributed by atoms with van der Waals surface area (Å²) in [5.41, 5.74) is 0. The molecule has 0 saturated carbocycles. The molecule has 0 radical (unpaired) electrons. The Balaban J connectivity index is 2.60. The monoisotopic (exact) mass is 299 g/mol. The molecule has 1 aromatic carbocycles. The summed E-state index contributed by atoms with van der Waals surface area (Å²) < 4.78 is 5.50. The fourth-order valence-electron chi connectivity index (χ4n) is 1.68. The first kappa shape index (κ1) is 16.3. The van der Waals surface area contributed by atoms with Crippen molar-refractivity contribution in [3.05, 3.63) is 29.3 Å². The number of nitrogens with zero attached hydrogens (tertiary/aromatic N) is 1. The van der Waals surface area contributed by atoms with Crippen molar-refractivity contribution in [2.24, 2.45) is 5.92 Å². The highest BCUT2D eigenvalue weighted by Gasteiger charge is 2.22. The molecule has 0 fully saturated rings. The second-order valence-corrected chi connectivity index (χ2v) is 5.11. The minimum Gasteiger partial charge on any atom is -0.481 e. The number of carbonyl (C=O) groups is 2. The van der Waals surface area contributed by atoms with E-state index in [1.807, 2.05) is 0 Å². The number of benzene rings is 1. The first-order valence-electron chi connectivity index (χ1n) is 6.21. The summed E-state index contributed by atoms with van der Waals surface area (Å²) in [5, 5.41) is 9.36. The summed E-state index contributed by atoms with van der Waals surface area (Å²) in [4.78, 5) is 24.2. The van der Waals surface area contributed by atoms with E-state index >= 15 is 0 Å². The van der Waals surface area contributed by atoms with Crippen molar-refractivity contribution in [1.29, 1.82) is 0 Å². The first-order chi connectivity index (χ1) is 9.31. The van der Waals surface area contributed by atoms with Gasteiger partial charge in [-0.1, -0.05) is 24.6 Å². The predicted octanol–water partition coefficient (Wildman–Crippen LogP) is 2.29. The van der Waals surface area contributed by atoms with Crippen LogP contribution < -0.4 is 4.74 Å². The Kier molecular flexibility index (Phi) is 5.82. The number of ether oxygens (including phenoxy) is 1. The second-order valence-electron chi connectivity index (χ2n) is 4.68. The van der Waals surface area contributed by atoms with E-state index in [1.54, 1.807) is 45.2 Å². The fraction of sp³-hybridized carbons (Fsp3) is 0.429. The number of carboxylic acid groups (broad SMARTS) is 1. The molecule has 6 heteroatoms. The lowest BCUT2D eigenvalue weighted by atomic mass is 10.1. The summed E-state index contributed by atoms with van der Waals surface area (Å²) >= 11 is 5.83. The van der Waals surface area contributed by atoms with Gasteiger partial charge in [-0.3, -0.25) is 9.59 Å². The Labute approximate surface area is 123 Å². The van der Waals surface area contributed by atoms with Gasteiger partial charge in [0.15, 0.2) is 6.10 Å². The number of carbonyl (C=O) groups excluding carboxylic acids is 1. The van der Waals surface area contributed by atoms with Gasteiger partial charge in [-0.05, 0) is 25.1 Å². The van der Waals surface area contributed by atoms with E-state index < -0.39 is 18.0 Å². The Hall–Kier alpha value is -1.75. The molecule has 110 valence electrons. The molecule has 20 heavy (non-hydrogen) atoms. The molecule has 0 unspecified atom stereocenters. The lowest BCUT2D eigenvalue weighted by Gasteiger charge is -2.23. The maximum absolute atomic E-state index is 12.1. The highest BCUT2D eigenvalue weighted by Crippen LogP contribution is 2.18. The third-order valence-electron chi connectivity index (χ3n) is 2.80. The van der Waals surface area contributed by atoms with E-state index in [1.165, 1.54) is 4.90 Å². The third kappa shape index (κ3) is 4.74. The molecule has 1 rings (SSSR count). The molecule has 2 atom stereocenters. The van der Waals surface area contributed by atoms with E-state index in [2.05, 4.69) is 0 Å². The Morgan fingerprint density at radius 3 is 2.60 bits per heavy atom. The molecular formula is C14H18ClNO4. The zero-order valence-corrected chi connectivity index (χ0v) is 12.4. The molecule has 0 aromatic heterocycles. The van der Waals surface area contributed by atoms with Crippen LogP contribution in [-0.2, 0) is 9.59 Å². The van der Waals surface area contributed by atoms with Crippen molar-refractivity contribution >= 4 is 23.5 Å². The van der Waals surface area contributed by atoms with Gasteiger partial charge in [0, 0.05) is 18.6 Å². The van der Waals surface area contributed by atoms with E-state index in [0.717, 1.165) is 0 Å². The average Bonchev–Trinajstić information content (AvgIpc) is 2.37. The van der Waals surface area contributed by atoms with Crippen LogP contribution in [0.4, 0.5) is 0 Å². The molecule has 0 aliphatic heterocycles. The number of halogens is 1. The normalized spacial score (nSPS) is 13.4. The molecular weight excluding hydrogens is 282 g/mol. The van der Waals surface area contributed by atoms with Gasteiger partial charge < -0.3 is 14.7 Å². The number of hydrogen-bond acceptors (Lipinski definition) is 3. The van der Waals surface area contributed by atoms with Crippen LogP contribution in [0, 0.1) is 5.92 Å². The zero-order chi connectivity index (χ0) is 15.3. The lowest BCUT2D eigenvalue weighted by Crippen LogP contribution is -2.41. The van der Waals surface area contributed by atoms with Crippen molar-refractivity contribution in [3.63, 3.8) is 0 Å². The average molecular weight is 300 g/mol. The first-order valence-corrected chi connectivity index (χ1v) is 6.59. The largest absolute Gasteiger partial charge is 0.481 e. The summed E-state index contributed by atoms with van der Waals surface area (Å²) in [6, 6.07) is 6.76. The van der Waals surface area contributed by atoms with Crippen LogP contribution in [0.25, 0.3) is 0 Å². The summed E-state index contributed by atoms with van der Waals surface area (Å²) in [5.74, 6) is -1.34. The van der Waals surface area contributed by atoms with E-state index in [0.29, 0.717) is 10.8 Å². The zero-order valence-electron chi connectivity index (χ0n) is 11.7. The van der Waals surface area contributed by atoms with Crippen LogP contribution in [-0.4, -0.2) is 41.6 Å². The highest BCUT2D eigenvalue weighted by atomic mass is 35.5. The topological polar surface area (TPSA) is 66.8 Å². The maximum atomic E-state index is 12.1. The number of hydrogen-bond donors (Lipinski definition) is 1. The van der Waals surface area contributed by atoms with Crippen LogP contribution in [0.15, 0.2) is 24.3 Å². The minimum atomic E-state index is -0.937. The molecule has 5 nitrogen and oxygen atoms in total. The smallest absolute Gasteiger partial charge is 0.308 e. The molecule has 0 spiro atoms. The van der Waals surface area contributed by atoms with Gasteiger partial charge in [-0.2, -0.15) is 0 Å². The van der Waals surface area contributed by atoms with E-state index in [9.17, 15) is 9.59 Å². The molecule has 1 amide bonds. The fourth-order valence-corrected chi connectivity index (χ4v) is 1.86. The van der Waals surface area contributed by atoms with E-state index in [-0.39, 0.29) is 12.5 Å². The summed E-state index contributed by atoms with van der Waals surface area (Å²) in [7, 11) is 1.56. The molecule has 0 bridgehead atoms. The van der Waals surface area contributed by atoms with Gasteiger partial charge in [0.25, 0.3) is 5.91 Å². The van der Waals surface area contributed by atoms with Crippen LogP contribution in [0.5, 0.6) is 5.75 Å². The van der Waals surface area contributed by atoms with Gasteiger partial charge in [0.2, 0.25) is 0 Å². The van der Waals surface area contributed by atoms with E-state index in [4.69, 9.17) is 21.4 Å². The van der Waals surface area contributed by atoms with Crippen molar-refractivity contribution in [2.75, 3.05) is 13.6 Å². The third-order valence-corrected chi connectivity index (χ3v) is 3.04. The molecule has 0 saturated heterocycles. The summed E-state index contributed by atoms with van der Waals surface area (Å²) in [6.45, 7) is 3.30. The van der Waals surface area contributed by atoms with Gasteiger partial charge >= 0.3 is 5.97 Å². The van der Waals surface area contributed by atoms with Crippen LogP contribution in [0.1, 0.15) is 13.8 Å². The number of likely N-dealkylation sites (N-methyl/N-ethyl adjacent to an activating group) is 1.